The first-order valence-electron chi connectivity index (χ1n) is 8.13. The summed E-state index contributed by atoms with van der Waals surface area (Å²) in [5.74, 6) is 0.0674. The van der Waals surface area contributed by atoms with Crippen molar-refractivity contribution < 1.29 is 27.5 Å². The number of carbonyl (C=O) groups excluding carboxylic acids is 2. The molecule has 1 aliphatic rings. The highest BCUT2D eigenvalue weighted by atomic mass is 19.4. The number of amides is 2. The molecule has 1 aliphatic carbocycles. The van der Waals surface area contributed by atoms with Crippen LogP contribution in [0.15, 0.2) is 24.3 Å². The summed E-state index contributed by atoms with van der Waals surface area (Å²) in [6.07, 6.45) is -3.11. The number of carbonyl (C=O) groups is 2. The van der Waals surface area contributed by atoms with E-state index in [-0.39, 0.29) is 29.9 Å². The summed E-state index contributed by atoms with van der Waals surface area (Å²) >= 11 is 0. The molecule has 1 aromatic rings. The minimum absolute atomic E-state index is 0.00136. The Hall–Kier alpha value is -2.25. The van der Waals surface area contributed by atoms with Crippen molar-refractivity contribution in [3.05, 3.63) is 29.8 Å². The predicted molar refractivity (Wildman–Crippen MR) is 84.7 cm³/mol. The summed E-state index contributed by atoms with van der Waals surface area (Å²) in [4.78, 5) is 23.3. The van der Waals surface area contributed by atoms with Gasteiger partial charge in [-0.05, 0) is 36.5 Å². The molecule has 2 rings (SSSR count). The number of nitrogens with one attached hydrogen (secondary N) is 2. The third kappa shape index (κ3) is 7.03. The van der Waals surface area contributed by atoms with E-state index < -0.39 is 6.36 Å². The first-order chi connectivity index (χ1) is 11.7. The van der Waals surface area contributed by atoms with Crippen LogP contribution < -0.4 is 15.4 Å². The van der Waals surface area contributed by atoms with Crippen molar-refractivity contribution in [1.82, 2.24) is 10.6 Å². The third-order valence-electron chi connectivity index (χ3n) is 3.99. The van der Waals surface area contributed by atoms with Crippen LogP contribution >= 0.6 is 0 Å². The van der Waals surface area contributed by atoms with E-state index in [0.29, 0.717) is 25.4 Å². The number of hydrogen-bond acceptors (Lipinski definition) is 3. The zero-order valence-corrected chi connectivity index (χ0v) is 13.9. The van der Waals surface area contributed by atoms with Gasteiger partial charge in [-0.15, -0.1) is 13.2 Å². The van der Waals surface area contributed by atoms with E-state index >= 15 is 0 Å². The summed E-state index contributed by atoms with van der Waals surface area (Å²) in [5, 5.41) is 5.44. The Bertz CT molecular complexity index is 602. The monoisotopic (exact) mass is 358 g/mol. The molecule has 0 spiro atoms. The van der Waals surface area contributed by atoms with Gasteiger partial charge in [0.2, 0.25) is 11.8 Å². The van der Waals surface area contributed by atoms with Gasteiger partial charge in [0.25, 0.3) is 0 Å². The molecule has 0 saturated heterocycles. The highest BCUT2D eigenvalue weighted by Crippen LogP contribution is 2.37. The minimum Gasteiger partial charge on any atom is -0.406 e. The van der Waals surface area contributed by atoms with Crippen molar-refractivity contribution in [2.75, 3.05) is 13.1 Å². The van der Waals surface area contributed by atoms with E-state index in [4.69, 9.17) is 0 Å². The average molecular weight is 358 g/mol. The number of halogens is 3. The average Bonchev–Trinajstić information content (AvgIpc) is 3.24. The quantitative estimate of drug-likeness (QED) is 0.750. The zero-order valence-electron chi connectivity index (χ0n) is 13.9. The summed E-state index contributed by atoms with van der Waals surface area (Å²) in [7, 11) is 0. The smallest absolute Gasteiger partial charge is 0.406 e. The lowest BCUT2D eigenvalue weighted by Gasteiger charge is -2.10. The van der Waals surface area contributed by atoms with E-state index in [0.717, 1.165) is 12.0 Å². The van der Waals surface area contributed by atoms with Gasteiger partial charge in [-0.2, -0.15) is 0 Å². The molecule has 0 heterocycles. The third-order valence-corrected chi connectivity index (χ3v) is 3.99. The number of ether oxygens (including phenoxy) is 1. The van der Waals surface area contributed by atoms with Crippen LogP contribution in [0.4, 0.5) is 13.2 Å². The molecule has 1 saturated carbocycles. The van der Waals surface area contributed by atoms with Crippen molar-refractivity contribution in [3.63, 3.8) is 0 Å². The van der Waals surface area contributed by atoms with Gasteiger partial charge in [-0.25, -0.2) is 0 Å². The Morgan fingerprint density at radius 3 is 2.36 bits per heavy atom. The van der Waals surface area contributed by atoms with Gasteiger partial charge in [-0.1, -0.05) is 19.1 Å². The van der Waals surface area contributed by atoms with Crippen molar-refractivity contribution >= 4 is 11.8 Å². The maximum Gasteiger partial charge on any atom is 0.573 e. The van der Waals surface area contributed by atoms with Crippen LogP contribution in [0.5, 0.6) is 5.75 Å². The van der Waals surface area contributed by atoms with Gasteiger partial charge in [0.05, 0.1) is 0 Å². The molecular weight excluding hydrogens is 337 g/mol. The van der Waals surface area contributed by atoms with Crippen LogP contribution in [0.3, 0.4) is 0 Å². The predicted octanol–water partition coefficient (Wildman–Crippen LogP) is 2.41. The Morgan fingerprint density at radius 1 is 1.16 bits per heavy atom. The first kappa shape index (κ1) is 19.1. The SMILES string of the molecule is C[C@@H]1C[C@@H]1C(=O)NCCC(=O)NCCc1ccc(OC(F)(F)F)cc1. The fourth-order valence-corrected chi connectivity index (χ4v) is 2.41. The second kappa shape index (κ2) is 8.22. The van der Waals surface area contributed by atoms with Crippen LogP contribution in [0.25, 0.3) is 0 Å². The fraction of sp³-hybridized carbons (Fsp3) is 0.529. The maximum atomic E-state index is 12.1. The highest BCUT2D eigenvalue weighted by Gasteiger charge is 2.38. The van der Waals surface area contributed by atoms with Crippen LogP contribution in [-0.2, 0) is 16.0 Å². The van der Waals surface area contributed by atoms with Crippen LogP contribution in [-0.4, -0.2) is 31.3 Å². The number of rotatable bonds is 8. The van der Waals surface area contributed by atoms with Gasteiger partial charge in [0.15, 0.2) is 0 Å². The van der Waals surface area contributed by atoms with Crippen molar-refractivity contribution in [3.8, 4) is 5.75 Å². The van der Waals surface area contributed by atoms with Crippen molar-refractivity contribution in [2.45, 2.75) is 32.5 Å². The van der Waals surface area contributed by atoms with E-state index in [1.807, 2.05) is 6.92 Å². The van der Waals surface area contributed by atoms with Crippen LogP contribution in [0, 0.1) is 11.8 Å². The van der Waals surface area contributed by atoms with Crippen molar-refractivity contribution in [1.29, 1.82) is 0 Å². The fourth-order valence-electron chi connectivity index (χ4n) is 2.41. The second-order valence-corrected chi connectivity index (χ2v) is 6.15. The topological polar surface area (TPSA) is 67.4 Å². The van der Waals surface area contributed by atoms with Gasteiger partial charge >= 0.3 is 6.36 Å². The molecule has 25 heavy (non-hydrogen) atoms. The van der Waals surface area contributed by atoms with E-state index in [9.17, 15) is 22.8 Å². The van der Waals surface area contributed by atoms with E-state index in [1.165, 1.54) is 24.3 Å². The standard InChI is InChI=1S/C17H21F3N2O3/c1-11-10-14(11)16(24)22-9-7-15(23)21-8-6-12-2-4-13(5-3-12)25-17(18,19)20/h2-5,11,14H,6-10H2,1H3,(H,21,23)(H,22,24)/t11-,14+/m1/s1. The largest absolute Gasteiger partial charge is 0.573 e. The Balaban J connectivity index is 1.59. The summed E-state index contributed by atoms with van der Waals surface area (Å²) < 4.78 is 40.0. The summed E-state index contributed by atoms with van der Waals surface area (Å²) in [5.41, 5.74) is 0.783. The molecule has 2 atom stereocenters. The lowest BCUT2D eigenvalue weighted by Crippen LogP contribution is -2.32. The lowest BCUT2D eigenvalue weighted by atomic mass is 10.1. The Kier molecular flexibility index (Phi) is 6.27. The molecule has 0 unspecified atom stereocenters. The van der Waals surface area contributed by atoms with E-state index in [1.54, 1.807) is 0 Å². The lowest BCUT2D eigenvalue weighted by molar-refractivity contribution is -0.274. The molecule has 0 aromatic heterocycles. The minimum atomic E-state index is -4.71. The molecule has 2 N–H and O–H groups in total. The molecule has 0 radical (unpaired) electrons. The molecule has 138 valence electrons. The van der Waals surface area contributed by atoms with Gasteiger partial charge in [0.1, 0.15) is 5.75 Å². The van der Waals surface area contributed by atoms with Crippen molar-refractivity contribution in [2.24, 2.45) is 11.8 Å². The molecule has 5 nitrogen and oxygen atoms in total. The zero-order chi connectivity index (χ0) is 18.4. The van der Waals surface area contributed by atoms with Crippen LogP contribution in [0.1, 0.15) is 25.3 Å². The Labute approximate surface area is 143 Å². The molecular formula is C17H21F3N2O3. The molecule has 0 bridgehead atoms. The summed E-state index contributed by atoms with van der Waals surface area (Å²) in [6.45, 7) is 2.68. The Morgan fingerprint density at radius 2 is 1.80 bits per heavy atom. The first-order valence-corrected chi connectivity index (χ1v) is 8.13. The molecule has 1 aromatic carbocycles. The molecule has 8 heteroatoms. The van der Waals surface area contributed by atoms with E-state index in [2.05, 4.69) is 15.4 Å². The molecule has 0 aliphatic heterocycles. The van der Waals surface area contributed by atoms with Gasteiger partial charge in [-0.3, -0.25) is 9.59 Å². The van der Waals surface area contributed by atoms with Gasteiger partial charge < -0.3 is 15.4 Å². The number of hydrogen-bond donors (Lipinski definition) is 2. The van der Waals surface area contributed by atoms with Gasteiger partial charge in [0, 0.05) is 25.4 Å². The normalized spacial score (nSPS) is 19.2. The van der Waals surface area contributed by atoms with Crippen LogP contribution in [0.2, 0.25) is 0 Å². The second-order valence-electron chi connectivity index (χ2n) is 6.15. The molecule has 2 amide bonds. The highest BCUT2D eigenvalue weighted by molar-refractivity contribution is 5.82. The maximum absolute atomic E-state index is 12.1. The molecule has 1 fully saturated rings. The number of benzene rings is 1. The number of alkyl halides is 3. The summed E-state index contributed by atoms with van der Waals surface area (Å²) in [6, 6.07) is 5.51.